The van der Waals surface area contributed by atoms with Crippen molar-refractivity contribution in [2.75, 3.05) is 0 Å². The first-order valence-corrected chi connectivity index (χ1v) is 4.75. The minimum atomic E-state index is -0.481. The Bertz CT molecular complexity index is 737. The molecule has 0 aliphatic rings. The second-order valence-corrected chi connectivity index (χ2v) is 3.47. The average molecular weight is 211 g/mol. The van der Waals surface area contributed by atoms with Crippen LogP contribution in [0.4, 0.5) is 4.39 Å². The van der Waals surface area contributed by atoms with E-state index in [-0.39, 0.29) is 5.56 Å². The maximum atomic E-state index is 13.8. The van der Waals surface area contributed by atoms with Gasteiger partial charge in [0, 0.05) is 29.4 Å². The molecule has 16 heavy (non-hydrogen) atoms. The number of aromatic nitrogens is 2. The summed E-state index contributed by atoms with van der Waals surface area (Å²) < 4.78 is 15.7. The van der Waals surface area contributed by atoms with Crippen molar-refractivity contribution in [2.45, 2.75) is 0 Å². The Morgan fingerprint density at radius 2 is 2.06 bits per heavy atom. The summed E-state index contributed by atoms with van der Waals surface area (Å²) in [6.45, 7) is 0. The van der Waals surface area contributed by atoms with Crippen LogP contribution in [0.2, 0.25) is 0 Å². The fourth-order valence-electron chi connectivity index (χ4n) is 1.83. The lowest BCUT2D eigenvalue weighted by atomic mass is 10.1. The molecule has 0 aliphatic carbocycles. The zero-order valence-electron chi connectivity index (χ0n) is 8.18. The minimum absolute atomic E-state index is 0.0587. The third kappa shape index (κ3) is 1.03. The predicted octanol–water partition coefficient (Wildman–Crippen LogP) is 2.50. The lowest BCUT2D eigenvalue weighted by Crippen LogP contribution is -1.90. The van der Waals surface area contributed by atoms with Crippen molar-refractivity contribution in [3.05, 3.63) is 48.2 Å². The zero-order chi connectivity index (χ0) is 11.1. The van der Waals surface area contributed by atoms with Crippen LogP contribution in [0.5, 0.6) is 0 Å². The van der Waals surface area contributed by atoms with Crippen molar-refractivity contribution in [1.29, 1.82) is 5.26 Å². The molecule has 3 aromatic rings. The molecule has 0 saturated heterocycles. The number of pyridine rings is 1. The molecule has 0 N–H and O–H groups in total. The second kappa shape index (κ2) is 3.04. The Kier molecular flexibility index (Phi) is 1.68. The molecule has 0 amide bonds. The number of fused-ring (bicyclic) bond motifs is 3. The summed E-state index contributed by atoms with van der Waals surface area (Å²) in [6, 6.07) is 6.68. The van der Waals surface area contributed by atoms with E-state index in [1.54, 1.807) is 30.7 Å². The van der Waals surface area contributed by atoms with Crippen LogP contribution in [-0.4, -0.2) is 9.38 Å². The molecule has 0 aliphatic heterocycles. The van der Waals surface area contributed by atoms with Gasteiger partial charge in [-0.2, -0.15) is 5.26 Å². The molecule has 2 heterocycles. The Hall–Kier alpha value is -2.41. The highest BCUT2D eigenvalue weighted by atomic mass is 19.1. The van der Waals surface area contributed by atoms with Gasteiger partial charge in [-0.25, -0.2) is 9.37 Å². The first-order chi connectivity index (χ1) is 7.81. The largest absolute Gasteiger partial charge is 0.307 e. The van der Waals surface area contributed by atoms with Crippen molar-refractivity contribution < 1.29 is 4.39 Å². The molecule has 0 bridgehead atoms. The van der Waals surface area contributed by atoms with Crippen molar-refractivity contribution in [3.63, 3.8) is 0 Å². The number of nitriles is 1. The van der Waals surface area contributed by atoms with Crippen LogP contribution in [0.1, 0.15) is 5.56 Å². The summed E-state index contributed by atoms with van der Waals surface area (Å²) in [4.78, 5) is 4.16. The molecule has 4 heteroatoms. The number of hydrogen-bond acceptors (Lipinski definition) is 2. The second-order valence-electron chi connectivity index (χ2n) is 3.47. The monoisotopic (exact) mass is 211 g/mol. The summed E-state index contributed by atoms with van der Waals surface area (Å²) in [5.74, 6) is -0.481. The van der Waals surface area contributed by atoms with Gasteiger partial charge in [0.2, 0.25) is 0 Å². The normalized spacial score (nSPS) is 10.8. The Morgan fingerprint density at radius 1 is 1.19 bits per heavy atom. The van der Waals surface area contributed by atoms with Gasteiger partial charge in [0.25, 0.3) is 0 Å². The SMILES string of the molecule is N#Cc1ccc2c(ccn3ccnc23)c1F. The fourth-order valence-corrected chi connectivity index (χ4v) is 1.83. The summed E-state index contributed by atoms with van der Waals surface area (Å²) in [5, 5.41) is 9.88. The maximum absolute atomic E-state index is 13.8. The average Bonchev–Trinajstić information content (AvgIpc) is 2.77. The van der Waals surface area contributed by atoms with Crippen LogP contribution in [0.25, 0.3) is 16.4 Å². The number of hydrogen-bond donors (Lipinski definition) is 0. The number of benzene rings is 1. The molecular formula is C12H6FN3. The van der Waals surface area contributed by atoms with E-state index < -0.39 is 5.82 Å². The van der Waals surface area contributed by atoms with Crippen LogP contribution < -0.4 is 0 Å². The van der Waals surface area contributed by atoms with Gasteiger partial charge in [0.1, 0.15) is 17.5 Å². The number of imidazole rings is 1. The first-order valence-electron chi connectivity index (χ1n) is 4.75. The first kappa shape index (κ1) is 8.86. The van der Waals surface area contributed by atoms with E-state index in [1.165, 1.54) is 6.07 Å². The lowest BCUT2D eigenvalue weighted by Gasteiger charge is -2.02. The third-order valence-electron chi connectivity index (χ3n) is 2.61. The van der Waals surface area contributed by atoms with Gasteiger partial charge in [-0.3, -0.25) is 0 Å². The van der Waals surface area contributed by atoms with E-state index in [1.807, 2.05) is 10.5 Å². The van der Waals surface area contributed by atoms with Gasteiger partial charge in [-0.15, -0.1) is 0 Å². The van der Waals surface area contributed by atoms with E-state index >= 15 is 0 Å². The molecule has 2 aromatic heterocycles. The van der Waals surface area contributed by atoms with Gasteiger partial charge in [-0.05, 0) is 18.2 Å². The van der Waals surface area contributed by atoms with Gasteiger partial charge in [0.05, 0.1) is 5.56 Å². The third-order valence-corrected chi connectivity index (χ3v) is 2.61. The Labute approximate surface area is 90.4 Å². The molecular weight excluding hydrogens is 205 g/mol. The van der Waals surface area contributed by atoms with Crippen LogP contribution in [-0.2, 0) is 0 Å². The van der Waals surface area contributed by atoms with Crippen LogP contribution >= 0.6 is 0 Å². The van der Waals surface area contributed by atoms with E-state index in [9.17, 15) is 4.39 Å². The molecule has 0 fully saturated rings. The summed E-state index contributed by atoms with van der Waals surface area (Å²) in [7, 11) is 0. The van der Waals surface area contributed by atoms with Gasteiger partial charge in [0.15, 0.2) is 0 Å². The fraction of sp³-hybridized carbons (Fsp3) is 0. The molecule has 3 nitrogen and oxygen atoms in total. The molecule has 0 atom stereocenters. The number of nitrogens with zero attached hydrogens (tertiary/aromatic N) is 3. The summed E-state index contributed by atoms with van der Waals surface area (Å²) >= 11 is 0. The van der Waals surface area contributed by atoms with Gasteiger partial charge < -0.3 is 4.40 Å². The molecule has 0 radical (unpaired) electrons. The van der Waals surface area contributed by atoms with Gasteiger partial charge >= 0.3 is 0 Å². The highest BCUT2D eigenvalue weighted by molar-refractivity contribution is 5.95. The molecule has 0 unspecified atom stereocenters. The Morgan fingerprint density at radius 3 is 2.88 bits per heavy atom. The highest BCUT2D eigenvalue weighted by Gasteiger charge is 2.09. The summed E-state index contributed by atoms with van der Waals surface area (Å²) in [6.07, 6.45) is 5.19. The van der Waals surface area contributed by atoms with Crippen LogP contribution in [0.3, 0.4) is 0 Å². The number of rotatable bonds is 0. The highest BCUT2D eigenvalue weighted by Crippen LogP contribution is 2.23. The van der Waals surface area contributed by atoms with E-state index in [4.69, 9.17) is 5.26 Å². The lowest BCUT2D eigenvalue weighted by molar-refractivity contribution is 0.636. The molecule has 0 saturated carbocycles. The standard InChI is InChI=1S/C12H6FN3/c13-11-8(7-14)1-2-10-9(11)3-5-16-6-4-15-12(10)16/h1-6H. The van der Waals surface area contributed by atoms with Crippen LogP contribution in [0, 0.1) is 17.1 Å². The van der Waals surface area contributed by atoms with Gasteiger partial charge in [-0.1, -0.05) is 0 Å². The van der Waals surface area contributed by atoms with Crippen molar-refractivity contribution >= 4 is 16.4 Å². The van der Waals surface area contributed by atoms with Crippen molar-refractivity contribution in [1.82, 2.24) is 9.38 Å². The smallest absolute Gasteiger partial charge is 0.148 e. The zero-order valence-corrected chi connectivity index (χ0v) is 8.18. The maximum Gasteiger partial charge on any atom is 0.148 e. The quantitative estimate of drug-likeness (QED) is 0.573. The molecule has 76 valence electrons. The molecule has 3 rings (SSSR count). The predicted molar refractivity (Wildman–Crippen MR) is 57.4 cm³/mol. The van der Waals surface area contributed by atoms with Crippen LogP contribution in [0.15, 0.2) is 36.8 Å². The van der Waals surface area contributed by atoms with E-state index in [2.05, 4.69) is 4.98 Å². The minimum Gasteiger partial charge on any atom is -0.307 e. The molecule has 0 spiro atoms. The number of halogens is 1. The van der Waals surface area contributed by atoms with Crippen molar-refractivity contribution in [3.8, 4) is 6.07 Å². The Balaban J connectivity index is 2.56. The topological polar surface area (TPSA) is 41.1 Å². The molecule has 1 aromatic carbocycles. The summed E-state index contributed by atoms with van der Waals surface area (Å²) in [5.41, 5.74) is 0.754. The van der Waals surface area contributed by atoms with E-state index in [0.717, 1.165) is 0 Å². The van der Waals surface area contributed by atoms with E-state index in [0.29, 0.717) is 16.4 Å². The van der Waals surface area contributed by atoms with Crippen molar-refractivity contribution in [2.24, 2.45) is 0 Å².